The van der Waals surface area contributed by atoms with Crippen LogP contribution in [0.2, 0.25) is 0 Å². The highest BCUT2D eigenvalue weighted by Crippen LogP contribution is 2.24. The fraction of sp³-hybridized carbons (Fsp3) is 0.273. The fourth-order valence-electron chi connectivity index (χ4n) is 3.46. The molecule has 0 radical (unpaired) electrons. The van der Waals surface area contributed by atoms with Crippen molar-refractivity contribution in [2.24, 2.45) is 0 Å². The molecule has 0 unspecified atom stereocenters. The normalized spacial score (nSPS) is 15.3. The summed E-state index contributed by atoms with van der Waals surface area (Å²) >= 11 is 1.53. The molecule has 6 nitrogen and oxygen atoms in total. The number of carbonyl (C=O) groups excluding carboxylic acids is 1. The average Bonchev–Trinajstić information content (AvgIpc) is 3.23. The van der Waals surface area contributed by atoms with E-state index in [0.717, 1.165) is 21.8 Å². The van der Waals surface area contributed by atoms with E-state index in [-0.39, 0.29) is 18.1 Å². The molecule has 0 atom stereocenters. The van der Waals surface area contributed by atoms with Gasteiger partial charge in [0.2, 0.25) is 15.9 Å². The minimum absolute atomic E-state index is 0.0110. The van der Waals surface area contributed by atoms with Crippen molar-refractivity contribution in [1.82, 2.24) is 14.2 Å². The minimum Gasteiger partial charge on any atom is -0.340 e. The monoisotopic (exact) mass is 441 g/mol. The molecule has 156 valence electrons. The first-order chi connectivity index (χ1) is 14.5. The van der Waals surface area contributed by atoms with E-state index in [1.807, 2.05) is 66.0 Å². The van der Waals surface area contributed by atoms with Crippen LogP contribution >= 0.6 is 11.3 Å². The SMILES string of the molecule is O=C(Cc1csc(-c2ccccc2)n1)N1CCN(S(=O)(=O)Cc2ccccc2)CC1. The number of hydrogen-bond acceptors (Lipinski definition) is 5. The molecule has 1 amide bonds. The molecular formula is C22H23N3O3S2. The quantitative estimate of drug-likeness (QED) is 0.590. The molecule has 1 aliphatic rings. The molecule has 4 rings (SSSR count). The van der Waals surface area contributed by atoms with E-state index in [1.165, 1.54) is 15.6 Å². The third-order valence-electron chi connectivity index (χ3n) is 5.08. The number of benzene rings is 2. The van der Waals surface area contributed by atoms with Crippen LogP contribution in [0.25, 0.3) is 10.6 Å². The second-order valence-electron chi connectivity index (χ2n) is 7.21. The summed E-state index contributed by atoms with van der Waals surface area (Å²) in [5, 5.41) is 2.82. The predicted octanol–water partition coefficient (Wildman–Crippen LogP) is 3.03. The summed E-state index contributed by atoms with van der Waals surface area (Å²) in [7, 11) is -3.39. The molecule has 2 heterocycles. The number of carbonyl (C=O) groups is 1. The van der Waals surface area contributed by atoms with Gasteiger partial charge >= 0.3 is 0 Å². The fourth-order valence-corrected chi connectivity index (χ4v) is 5.80. The van der Waals surface area contributed by atoms with Gasteiger partial charge in [-0.1, -0.05) is 60.7 Å². The molecule has 1 aliphatic heterocycles. The second-order valence-corrected chi connectivity index (χ2v) is 10.0. The summed E-state index contributed by atoms with van der Waals surface area (Å²) in [6.45, 7) is 1.46. The van der Waals surface area contributed by atoms with E-state index < -0.39 is 10.0 Å². The van der Waals surface area contributed by atoms with Gasteiger partial charge in [-0.15, -0.1) is 11.3 Å². The Kier molecular flexibility index (Phi) is 6.26. The number of rotatable bonds is 6. The number of thiazole rings is 1. The van der Waals surface area contributed by atoms with E-state index in [1.54, 1.807) is 4.90 Å². The van der Waals surface area contributed by atoms with Crippen LogP contribution in [0.1, 0.15) is 11.3 Å². The largest absolute Gasteiger partial charge is 0.340 e. The molecule has 1 aromatic heterocycles. The lowest BCUT2D eigenvalue weighted by atomic mass is 10.2. The van der Waals surface area contributed by atoms with Crippen molar-refractivity contribution < 1.29 is 13.2 Å². The third-order valence-corrected chi connectivity index (χ3v) is 7.87. The van der Waals surface area contributed by atoms with Crippen LogP contribution in [-0.4, -0.2) is 54.7 Å². The van der Waals surface area contributed by atoms with E-state index >= 15 is 0 Å². The zero-order valence-electron chi connectivity index (χ0n) is 16.5. The van der Waals surface area contributed by atoms with Gasteiger partial charge in [0.25, 0.3) is 0 Å². The van der Waals surface area contributed by atoms with Gasteiger partial charge in [0.15, 0.2) is 0 Å². The number of hydrogen-bond donors (Lipinski definition) is 0. The van der Waals surface area contributed by atoms with Crippen molar-refractivity contribution in [1.29, 1.82) is 0 Å². The summed E-state index contributed by atoms with van der Waals surface area (Å²) in [4.78, 5) is 19.0. The molecule has 0 saturated carbocycles. The molecule has 0 N–H and O–H groups in total. The van der Waals surface area contributed by atoms with E-state index in [4.69, 9.17) is 0 Å². The van der Waals surface area contributed by atoms with Crippen LogP contribution in [0, 0.1) is 0 Å². The van der Waals surface area contributed by atoms with Gasteiger partial charge in [-0.3, -0.25) is 4.79 Å². The Labute approximate surface area is 180 Å². The maximum atomic E-state index is 12.7. The van der Waals surface area contributed by atoms with Crippen molar-refractivity contribution in [3.05, 3.63) is 77.3 Å². The Morgan fingerprint density at radius 3 is 2.23 bits per heavy atom. The second kappa shape index (κ2) is 9.07. The smallest absolute Gasteiger partial charge is 0.228 e. The highest BCUT2D eigenvalue weighted by Gasteiger charge is 2.29. The molecule has 2 aromatic carbocycles. The van der Waals surface area contributed by atoms with Crippen molar-refractivity contribution in [3.63, 3.8) is 0 Å². The van der Waals surface area contributed by atoms with Crippen molar-refractivity contribution >= 4 is 27.3 Å². The summed E-state index contributed by atoms with van der Waals surface area (Å²) in [5.41, 5.74) is 2.56. The Balaban J connectivity index is 1.32. The number of aromatic nitrogens is 1. The van der Waals surface area contributed by atoms with Crippen LogP contribution in [0.15, 0.2) is 66.0 Å². The first kappa shape index (κ1) is 20.7. The molecular weight excluding hydrogens is 418 g/mol. The molecule has 0 bridgehead atoms. The Bertz CT molecular complexity index is 1090. The summed E-state index contributed by atoms with van der Waals surface area (Å²) in [5.74, 6) is -0.0249. The Hall–Kier alpha value is -2.55. The maximum absolute atomic E-state index is 12.7. The van der Waals surface area contributed by atoms with Gasteiger partial charge < -0.3 is 4.90 Å². The Morgan fingerprint density at radius 1 is 0.933 bits per heavy atom. The number of sulfonamides is 1. The maximum Gasteiger partial charge on any atom is 0.228 e. The molecule has 1 fully saturated rings. The van der Waals surface area contributed by atoms with E-state index in [9.17, 15) is 13.2 Å². The first-order valence-corrected chi connectivity index (χ1v) is 12.3. The third kappa shape index (κ3) is 4.95. The lowest BCUT2D eigenvalue weighted by Gasteiger charge is -2.34. The standard InChI is InChI=1S/C22H23N3O3S2/c26-21(15-20-16-29-22(23-20)19-9-5-2-6-10-19)24-11-13-25(14-12-24)30(27,28)17-18-7-3-1-4-8-18/h1-10,16H,11-15,17H2. The highest BCUT2D eigenvalue weighted by atomic mass is 32.2. The van der Waals surface area contributed by atoms with Crippen LogP contribution in [0.5, 0.6) is 0 Å². The summed E-state index contributed by atoms with van der Waals surface area (Å²) < 4.78 is 26.8. The van der Waals surface area contributed by atoms with Crippen molar-refractivity contribution in [2.75, 3.05) is 26.2 Å². The van der Waals surface area contributed by atoms with Gasteiger partial charge in [0.05, 0.1) is 17.9 Å². The first-order valence-electron chi connectivity index (χ1n) is 9.80. The number of amides is 1. The highest BCUT2D eigenvalue weighted by molar-refractivity contribution is 7.88. The molecule has 0 aliphatic carbocycles. The summed E-state index contributed by atoms with van der Waals surface area (Å²) in [6.07, 6.45) is 0.236. The van der Waals surface area contributed by atoms with Gasteiger partial charge in [-0.05, 0) is 5.56 Å². The summed E-state index contributed by atoms with van der Waals surface area (Å²) in [6, 6.07) is 19.1. The molecule has 1 saturated heterocycles. The van der Waals surface area contributed by atoms with Crippen LogP contribution in [-0.2, 0) is 27.0 Å². The Morgan fingerprint density at radius 2 is 1.57 bits per heavy atom. The van der Waals surface area contributed by atoms with Gasteiger partial charge in [0.1, 0.15) is 5.01 Å². The number of piperazine rings is 1. The predicted molar refractivity (Wildman–Crippen MR) is 118 cm³/mol. The molecule has 30 heavy (non-hydrogen) atoms. The van der Waals surface area contributed by atoms with Crippen molar-refractivity contribution in [3.8, 4) is 10.6 Å². The molecule has 8 heteroatoms. The van der Waals surface area contributed by atoms with E-state index in [0.29, 0.717) is 26.2 Å². The minimum atomic E-state index is -3.39. The van der Waals surface area contributed by atoms with E-state index in [2.05, 4.69) is 4.98 Å². The molecule has 3 aromatic rings. The zero-order valence-corrected chi connectivity index (χ0v) is 18.1. The lowest BCUT2D eigenvalue weighted by Crippen LogP contribution is -2.51. The lowest BCUT2D eigenvalue weighted by molar-refractivity contribution is -0.131. The van der Waals surface area contributed by atoms with Crippen LogP contribution in [0.3, 0.4) is 0 Å². The van der Waals surface area contributed by atoms with Gasteiger partial charge in [0, 0.05) is 37.1 Å². The topological polar surface area (TPSA) is 70.6 Å². The van der Waals surface area contributed by atoms with Crippen LogP contribution in [0.4, 0.5) is 0 Å². The average molecular weight is 442 g/mol. The van der Waals surface area contributed by atoms with Crippen LogP contribution < -0.4 is 0 Å². The zero-order chi connectivity index (χ0) is 21.0. The van der Waals surface area contributed by atoms with Gasteiger partial charge in [-0.25, -0.2) is 13.4 Å². The molecule has 0 spiro atoms. The van der Waals surface area contributed by atoms with Crippen molar-refractivity contribution in [2.45, 2.75) is 12.2 Å². The van der Waals surface area contributed by atoms with Gasteiger partial charge in [-0.2, -0.15) is 4.31 Å². The number of nitrogens with zero attached hydrogens (tertiary/aromatic N) is 3.